The minimum atomic E-state index is -0.966. The highest BCUT2D eigenvalue weighted by Crippen LogP contribution is 2.22. The Hall–Kier alpha value is -2.38. The van der Waals surface area contributed by atoms with E-state index in [1.54, 1.807) is 23.9 Å². The lowest BCUT2D eigenvalue weighted by atomic mass is 10.1. The highest BCUT2D eigenvalue weighted by Gasteiger charge is 2.32. The second-order valence-electron chi connectivity index (χ2n) is 5.88. The first-order valence-electron chi connectivity index (χ1n) is 7.89. The summed E-state index contributed by atoms with van der Waals surface area (Å²) in [7, 11) is 0. The largest absolute Gasteiger partial charge is 0.481 e. The molecule has 0 aliphatic carbocycles. The molecule has 1 aliphatic rings. The molecule has 132 valence electrons. The summed E-state index contributed by atoms with van der Waals surface area (Å²) < 4.78 is 6.89. The molecule has 1 aliphatic heterocycles. The number of nitrogens with zero attached hydrogens (tertiary/aromatic N) is 3. The Kier molecular flexibility index (Phi) is 5.06. The number of carboxylic acids is 1. The first-order chi connectivity index (χ1) is 12.0. The Morgan fingerprint density at radius 1 is 1.40 bits per heavy atom. The maximum Gasteiger partial charge on any atom is 0.305 e. The number of aliphatic carboxylic acids is 1. The van der Waals surface area contributed by atoms with Crippen LogP contribution in [-0.2, 0) is 9.53 Å². The van der Waals surface area contributed by atoms with Gasteiger partial charge in [0.15, 0.2) is 5.69 Å². The van der Waals surface area contributed by atoms with Gasteiger partial charge in [0.05, 0.1) is 36.4 Å². The van der Waals surface area contributed by atoms with E-state index in [2.05, 4.69) is 5.10 Å². The van der Waals surface area contributed by atoms with Crippen molar-refractivity contribution in [1.82, 2.24) is 14.7 Å². The SMILES string of the molecule is Cc1cn(-c2ccccc2Cl)nc1C(=O)N1CCOCC1CC(=O)O. The van der Waals surface area contributed by atoms with Crippen LogP contribution in [0.15, 0.2) is 30.5 Å². The van der Waals surface area contributed by atoms with Crippen LogP contribution in [-0.4, -0.2) is 57.5 Å². The van der Waals surface area contributed by atoms with Crippen LogP contribution in [0.4, 0.5) is 0 Å². The van der Waals surface area contributed by atoms with Gasteiger partial charge in [-0.15, -0.1) is 0 Å². The second kappa shape index (κ2) is 7.25. The van der Waals surface area contributed by atoms with Crippen molar-refractivity contribution < 1.29 is 19.4 Å². The van der Waals surface area contributed by atoms with E-state index in [-0.39, 0.29) is 24.6 Å². The Bertz CT molecular complexity index is 805. The molecular formula is C17H18ClN3O4. The van der Waals surface area contributed by atoms with Crippen LogP contribution in [0.1, 0.15) is 22.5 Å². The maximum atomic E-state index is 12.9. The summed E-state index contributed by atoms with van der Waals surface area (Å²) in [5.41, 5.74) is 1.66. The molecule has 1 atom stereocenters. The summed E-state index contributed by atoms with van der Waals surface area (Å²) in [4.78, 5) is 25.5. The van der Waals surface area contributed by atoms with Gasteiger partial charge in [0.2, 0.25) is 0 Å². The third-order valence-electron chi connectivity index (χ3n) is 4.10. The van der Waals surface area contributed by atoms with Gasteiger partial charge in [-0.3, -0.25) is 9.59 Å². The molecule has 7 nitrogen and oxygen atoms in total. The Morgan fingerprint density at radius 2 is 2.16 bits per heavy atom. The van der Waals surface area contributed by atoms with Crippen molar-refractivity contribution in [1.29, 1.82) is 0 Å². The number of hydrogen-bond acceptors (Lipinski definition) is 4. The first-order valence-corrected chi connectivity index (χ1v) is 8.27. The van der Waals surface area contributed by atoms with E-state index in [4.69, 9.17) is 21.4 Å². The van der Waals surface area contributed by atoms with Crippen LogP contribution in [0.5, 0.6) is 0 Å². The fourth-order valence-electron chi connectivity index (χ4n) is 2.86. The number of para-hydroxylation sites is 1. The molecule has 1 amide bonds. The molecule has 1 fully saturated rings. The van der Waals surface area contributed by atoms with Gasteiger partial charge in [0.25, 0.3) is 5.91 Å². The number of carboxylic acid groups (broad SMARTS) is 1. The summed E-state index contributed by atoms with van der Waals surface area (Å²) in [6.45, 7) is 2.73. The van der Waals surface area contributed by atoms with Gasteiger partial charge in [-0.05, 0) is 19.1 Å². The zero-order chi connectivity index (χ0) is 18.0. The normalized spacial score (nSPS) is 17.5. The predicted octanol–water partition coefficient (Wildman–Crippen LogP) is 2.15. The third kappa shape index (κ3) is 3.67. The molecule has 1 saturated heterocycles. The average molecular weight is 364 g/mol. The number of carbonyl (C=O) groups is 2. The number of carbonyl (C=O) groups excluding carboxylic acids is 1. The Labute approximate surface area is 149 Å². The fraction of sp³-hybridized carbons (Fsp3) is 0.353. The Balaban J connectivity index is 1.89. The lowest BCUT2D eigenvalue weighted by Gasteiger charge is -2.34. The molecule has 2 heterocycles. The lowest BCUT2D eigenvalue weighted by molar-refractivity contribution is -0.139. The van der Waals surface area contributed by atoms with Crippen molar-refractivity contribution in [2.45, 2.75) is 19.4 Å². The number of amides is 1. The molecule has 0 bridgehead atoms. The van der Waals surface area contributed by atoms with Gasteiger partial charge in [-0.2, -0.15) is 5.10 Å². The highest BCUT2D eigenvalue weighted by atomic mass is 35.5. The van der Waals surface area contributed by atoms with Crippen molar-refractivity contribution in [3.05, 3.63) is 46.7 Å². The van der Waals surface area contributed by atoms with Crippen molar-refractivity contribution >= 4 is 23.5 Å². The molecule has 1 unspecified atom stereocenters. The standard InChI is InChI=1S/C17H18ClN3O4/c1-11-9-21(14-5-3-2-4-13(14)18)19-16(11)17(24)20-6-7-25-10-12(20)8-15(22)23/h2-5,9,12H,6-8,10H2,1H3,(H,22,23). The van der Waals surface area contributed by atoms with E-state index in [1.165, 1.54) is 4.90 Å². The van der Waals surface area contributed by atoms with E-state index in [1.807, 2.05) is 18.2 Å². The first kappa shape index (κ1) is 17.4. The van der Waals surface area contributed by atoms with E-state index in [9.17, 15) is 9.59 Å². The fourth-order valence-corrected chi connectivity index (χ4v) is 3.08. The minimum absolute atomic E-state index is 0.157. The molecule has 0 saturated carbocycles. The monoisotopic (exact) mass is 363 g/mol. The lowest BCUT2D eigenvalue weighted by Crippen LogP contribution is -2.49. The molecule has 2 aromatic rings. The zero-order valence-corrected chi connectivity index (χ0v) is 14.4. The second-order valence-corrected chi connectivity index (χ2v) is 6.29. The van der Waals surface area contributed by atoms with Gasteiger partial charge in [0.1, 0.15) is 0 Å². The summed E-state index contributed by atoms with van der Waals surface area (Å²) in [5.74, 6) is -1.26. The van der Waals surface area contributed by atoms with Gasteiger partial charge in [-0.1, -0.05) is 23.7 Å². The summed E-state index contributed by atoms with van der Waals surface area (Å²) in [6, 6.07) is 6.72. The third-order valence-corrected chi connectivity index (χ3v) is 4.42. The van der Waals surface area contributed by atoms with Crippen LogP contribution in [0.3, 0.4) is 0 Å². The van der Waals surface area contributed by atoms with Crippen LogP contribution < -0.4 is 0 Å². The number of aryl methyl sites for hydroxylation is 1. The van der Waals surface area contributed by atoms with Crippen LogP contribution >= 0.6 is 11.6 Å². The van der Waals surface area contributed by atoms with Crippen LogP contribution in [0, 0.1) is 6.92 Å². The molecule has 0 spiro atoms. The van der Waals surface area contributed by atoms with Crippen LogP contribution in [0.25, 0.3) is 5.69 Å². The number of hydrogen-bond donors (Lipinski definition) is 1. The maximum absolute atomic E-state index is 12.9. The average Bonchev–Trinajstić information content (AvgIpc) is 2.96. The quantitative estimate of drug-likeness (QED) is 0.899. The van der Waals surface area contributed by atoms with E-state index in [0.717, 1.165) is 0 Å². The van der Waals surface area contributed by atoms with E-state index >= 15 is 0 Å². The number of ether oxygens (including phenoxy) is 1. The number of morpholine rings is 1. The molecule has 8 heteroatoms. The van der Waals surface area contributed by atoms with Gasteiger partial charge < -0.3 is 14.7 Å². The van der Waals surface area contributed by atoms with Gasteiger partial charge >= 0.3 is 5.97 Å². The number of aromatic nitrogens is 2. The summed E-state index contributed by atoms with van der Waals surface area (Å²) >= 11 is 6.19. The van der Waals surface area contributed by atoms with E-state index < -0.39 is 12.0 Å². The predicted molar refractivity (Wildman–Crippen MR) is 91.2 cm³/mol. The minimum Gasteiger partial charge on any atom is -0.481 e. The summed E-state index contributed by atoms with van der Waals surface area (Å²) in [6.07, 6.45) is 1.58. The smallest absolute Gasteiger partial charge is 0.305 e. The molecule has 25 heavy (non-hydrogen) atoms. The molecule has 1 aromatic carbocycles. The van der Waals surface area contributed by atoms with Crippen molar-refractivity contribution in [2.75, 3.05) is 19.8 Å². The number of benzene rings is 1. The summed E-state index contributed by atoms with van der Waals surface area (Å²) in [5, 5.41) is 14.0. The van der Waals surface area contributed by atoms with Crippen molar-refractivity contribution in [3.8, 4) is 5.69 Å². The topological polar surface area (TPSA) is 84.7 Å². The molecular weight excluding hydrogens is 346 g/mol. The van der Waals surface area contributed by atoms with E-state index in [0.29, 0.717) is 29.4 Å². The molecule has 1 N–H and O–H groups in total. The number of halogens is 1. The van der Waals surface area contributed by atoms with Gasteiger partial charge in [0, 0.05) is 18.3 Å². The van der Waals surface area contributed by atoms with Crippen molar-refractivity contribution in [2.24, 2.45) is 0 Å². The zero-order valence-electron chi connectivity index (χ0n) is 13.7. The molecule has 3 rings (SSSR count). The Morgan fingerprint density at radius 3 is 2.88 bits per heavy atom. The van der Waals surface area contributed by atoms with Crippen LogP contribution in [0.2, 0.25) is 5.02 Å². The van der Waals surface area contributed by atoms with Gasteiger partial charge in [-0.25, -0.2) is 4.68 Å². The molecule has 0 radical (unpaired) electrons. The number of rotatable bonds is 4. The van der Waals surface area contributed by atoms with Crippen molar-refractivity contribution in [3.63, 3.8) is 0 Å². The molecule has 1 aromatic heterocycles. The highest BCUT2D eigenvalue weighted by molar-refractivity contribution is 6.32.